The van der Waals surface area contributed by atoms with E-state index >= 15 is 0 Å². The topological polar surface area (TPSA) is 55.8 Å². The van der Waals surface area contributed by atoms with Crippen LogP contribution in [0.4, 0.5) is 4.79 Å². The highest BCUT2D eigenvalue weighted by Crippen LogP contribution is 2.13. The van der Waals surface area contributed by atoms with Crippen molar-refractivity contribution in [3.05, 3.63) is 34.9 Å². The second kappa shape index (κ2) is 9.40. The normalized spacial score (nSPS) is 13.1. The molecule has 1 aromatic carbocycles. The quantitative estimate of drug-likeness (QED) is 0.699. The number of amides is 1. The van der Waals surface area contributed by atoms with Crippen molar-refractivity contribution in [2.24, 2.45) is 0 Å². The molecule has 0 saturated carbocycles. The highest BCUT2D eigenvalue weighted by Gasteiger charge is 2.19. The van der Waals surface area contributed by atoms with Gasteiger partial charge in [0, 0.05) is 24.5 Å². The summed E-state index contributed by atoms with van der Waals surface area (Å²) >= 11 is 5.78. The zero-order valence-corrected chi connectivity index (χ0v) is 14.8. The number of halogens is 1. The van der Waals surface area contributed by atoms with Crippen LogP contribution in [-0.4, -0.2) is 42.3 Å². The van der Waals surface area contributed by atoms with Crippen molar-refractivity contribution in [2.75, 3.05) is 13.1 Å². The van der Waals surface area contributed by atoms with E-state index < -0.39 is 5.97 Å². The minimum Gasteiger partial charge on any atom is -0.459 e. The molecule has 6 heteroatoms. The van der Waals surface area contributed by atoms with Gasteiger partial charge in [-0.1, -0.05) is 11.6 Å². The molecule has 0 spiro atoms. The fourth-order valence-electron chi connectivity index (χ4n) is 2.13. The molecule has 5 nitrogen and oxygen atoms in total. The number of rotatable bonds is 7. The molecule has 1 amide bonds. The van der Waals surface area contributed by atoms with Gasteiger partial charge in [-0.3, -0.25) is 0 Å². The first-order chi connectivity index (χ1) is 10.9. The molecule has 0 bridgehead atoms. The number of carbonyl (C=O) groups is 2. The molecule has 0 aliphatic carbocycles. The number of esters is 1. The Morgan fingerprint density at radius 2 is 1.57 bits per heavy atom. The van der Waals surface area contributed by atoms with Gasteiger partial charge in [0.1, 0.15) is 12.2 Å². The lowest BCUT2D eigenvalue weighted by Crippen LogP contribution is -2.34. The summed E-state index contributed by atoms with van der Waals surface area (Å²) in [5.41, 5.74) is 0.439. The summed E-state index contributed by atoms with van der Waals surface area (Å²) in [4.78, 5) is 25.4. The Bertz CT molecular complexity index is 514. The van der Waals surface area contributed by atoms with Gasteiger partial charge in [0.15, 0.2) is 0 Å². The molecule has 0 fully saturated rings. The summed E-state index contributed by atoms with van der Waals surface area (Å²) in [6, 6.07) is 6.50. The van der Waals surface area contributed by atoms with Crippen molar-refractivity contribution in [1.82, 2.24) is 4.90 Å². The Kier molecular flexibility index (Phi) is 7.89. The molecule has 0 radical (unpaired) electrons. The molecule has 128 valence electrons. The van der Waals surface area contributed by atoms with Crippen molar-refractivity contribution in [3.63, 3.8) is 0 Å². The van der Waals surface area contributed by atoms with E-state index in [1.165, 1.54) is 0 Å². The highest BCUT2D eigenvalue weighted by molar-refractivity contribution is 6.30. The van der Waals surface area contributed by atoms with E-state index in [-0.39, 0.29) is 18.3 Å². The molecule has 2 atom stereocenters. The summed E-state index contributed by atoms with van der Waals surface area (Å²) in [6.07, 6.45) is -0.612. The third-order valence-corrected chi connectivity index (χ3v) is 3.63. The van der Waals surface area contributed by atoms with E-state index in [0.717, 1.165) is 0 Å². The second-order valence-electron chi connectivity index (χ2n) is 5.33. The van der Waals surface area contributed by atoms with Crippen LogP contribution in [0.15, 0.2) is 24.3 Å². The van der Waals surface area contributed by atoms with Gasteiger partial charge in [0.05, 0.1) is 5.56 Å². The lowest BCUT2D eigenvalue weighted by atomic mass is 10.2. The molecule has 0 saturated heterocycles. The van der Waals surface area contributed by atoms with Crippen molar-refractivity contribution in [3.8, 4) is 0 Å². The van der Waals surface area contributed by atoms with Gasteiger partial charge < -0.3 is 14.4 Å². The molecule has 0 heterocycles. The van der Waals surface area contributed by atoms with Crippen molar-refractivity contribution in [1.29, 1.82) is 0 Å². The summed E-state index contributed by atoms with van der Waals surface area (Å²) in [5, 5.41) is 0.562. The monoisotopic (exact) mass is 341 g/mol. The molecular formula is C17H24ClNO4. The molecule has 23 heavy (non-hydrogen) atoms. The molecule has 2 unspecified atom stereocenters. The predicted molar refractivity (Wildman–Crippen MR) is 89.8 cm³/mol. The largest absolute Gasteiger partial charge is 0.459 e. The standard InChI is InChI=1S/C17H24ClNO4/c1-5-19(6-2)17(21)23-13(4)11-12(3)22-16(20)14-7-9-15(18)10-8-14/h7-10,12-13H,5-6,11H2,1-4H3. The van der Waals surface area contributed by atoms with Gasteiger partial charge in [0.25, 0.3) is 0 Å². The third-order valence-electron chi connectivity index (χ3n) is 3.38. The van der Waals surface area contributed by atoms with Crippen molar-refractivity contribution >= 4 is 23.7 Å². The van der Waals surface area contributed by atoms with Crippen LogP contribution in [0.25, 0.3) is 0 Å². The zero-order valence-electron chi connectivity index (χ0n) is 14.0. The van der Waals surface area contributed by atoms with Gasteiger partial charge in [-0.15, -0.1) is 0 Å². The maximum Gasteiger partial charge on any atom is 0.410 e. The van der Waals surface area contributed by atoms with Crippen LogP contribution in [0.2, 0.25) is 5.02 Å². The van der Waals surface area contributed by atoms with Crippen LogP contribution in [0.1, 0.15) is 44.5 Å². The van der Waals surface area contributed by atoms with Crippen molar-refractivity contribution < 1.29 is 19.1 Å². The average molecular weight is 342 g/mol. The number of hydrogen-bond donors (Lipinski definition) is 0. The SMILES string of the molecule is CCN(CC)C(=O)OC(C)CC(C)OC(=O)c1ccc(Cl)cc1. The fraction of sp³-hybridized carbons (Fsp3) is 0.529. The van der Waals surface area contributed by atoms with Gasteiger partial charge in [-0.05, 0) is 52.0 Å². The maximum atomic E-state index is 12.0. The van der Waals surface area contributed by atoms with Crippen LogP contribution in [-0.2, 0) is 9.47 Å². The summed E-state index contributed by atoms with van der Waals surface area (Å²) in [5.74, 6) is -0.420. The Morgan fingerprint density at radius 3 is 2.09 bits per heavy atom. The molecule has 0 aromatic heterocycles. The van der Waals surface area contributed by atoms with E-state index in [1.807, 2.05) is 13.8 Å². The number of nitrogens with zero attached hydrogens (tertiary/aromatic N) is 1. The third kappa shape index (κ3) is 6.48. The predicted octanol–water partition coefficient (Wildman–Crippen LogP) is 4.14. The van der Waals surface area contributed by atoms with Gasteiger partial charge in [0.2, 0.25) is 0 Å². The van der Waals surface area contributed by atoms with Crippen LogP contribution in [0.3, 0.4) is 0 Å². The first-order valence-electron chi connectivity index (χ1n) is 7.79. The highest BCUT2D eigenvalue weighted by atomic mass is 35.5. The van der Waals surface area contributed by atoms with Crippen LogP contribution >= 0.6 is 11.6 Å². The Labute approximate surface area is 142 Å². The average Bonchev–Trinajstić information content (AvgIpc) is 2.48. The second-order valence-corrected chi connectivity index (χ2v) is 5.76. The molecule has 1 aromatic rings. The number of ether oxygens (including phenoxy) is 2. The van der Waals surface area contributed by atoms with E-state index in [9.17, 15) is 9.59 Å². The van der Waals surface area contributed by atoms with Gasteiger partial charge in [-0.2, -0.15) is 0 Å². The number of benzene rings is 1. The minimum absolute atomic E-state index is 0.337. The lowest BCUT2D eigenvalue weighted by molar-refractivity contribution is 0.0141. The molecular weight excluding hydrogens is 318 g/mol. The van der Waals surface area contributed by atoms with Gasteiger partial charge >= 0.3 is 12.1 Å². The van der Waals surface area contributed by atoms with Crippen LogP contribution in [0.5, 0.6) is 0 Å². The first-order valence-corrected chi connectivity index (χ1v) is 8.17. The van der Waals surface area contributed by atoms with E-state index in [0.29, 0.717) is 30.1 Å². The van der Waals surface area contributed by atoms with E-state index in [4.69, 9.17) is 21.1 Å². The summed E-state index contributed by atoms with van der Waals surface area (Å²) < 4.78 is 10.7. The molecule has 1 rings (SSSR count). The lowest BCUT2D eigenvalue weighted by Gasteiger charge is -2.23. The molecule has 0 aliphatic heterocycles. The van der Waals surface area contributed by atoms with Crippen LogP contribution < -0.4 is 0 Å². The smallest absolute Gasteiger partial charge is 0.410 e. The molecule has 0 aliphatic rings. The minimum atomic E-state index is -0.420. The van der Waals surface area contributed by atoms with E-state index in [2.05, 4.69) is 0 Å². The fourth-order valence-corrected chi connectivity index (χ4v) is 2.25. The molecule has 0 N–H and O–H groups in total. The Morgan fingerprint density at radius 1 is 1.04 bits per heavy atom. The first kappa shape index (κ1) is 19.3. The zero-order chi connectivity index (χ0) is 17.4. The Balaban J connectivity index is 2.46. The van der Waals surface area contributed by atoms with Crippen molar-refractivity contribution in [2.45, 2.75) is 46.3 Å². The maximum absolute atomic E-state index is 12.0. The summed E-state index contributed by atoms with van der Waals surface area (Å²) in [7, 11) is 0. The van der Waals surface area contributed by atoms with Crippen LogP contribution in [0, 0.1) is 0 Å². The summed E-state index contributed by atoms with van der Waals surface area (Å²) in [6.45, 7) is 8.55. The number of hydrogen-bond acceptors (Lipinski definition) is 4. The number of carbonyl (C=O) groups excluding carboxylic acids is 2. The Hall–Kier alpha value is -1.75. The van der Waals surface area contributed by atoms with E-state index in [1.54, 1.807) is 43.0 Å². The van der Waals surface area contributed by atoms with Gasteiger partial charge in [-0.25, -0.2) is 9.59 Å².